The first kappa shape index (κ1) is 13.6. The molecule has 0 fully saturated rings. The molecule has 2 rings (SSSR count). The Bertz CT molecular complexity index is 557. The summed E-state index contributed by atoms with van der Waals surface area (Å²) in [6.45, 7) is 2.05. The van der Waals surface area contributed by atoms with E-state index in [9.17, 15) is 0 Å². The van der Waals surface area contributed by atoms with Crippen molar-refractivity contribution in [2.75, 3.05) is 0 Å². The van der Waals surface area contributed by atoms with Crippen molar-refractivity contribution in [3.05, 3.63) is 68.7 Å². The molecule has 0 saturated heterocycles. The van der Waals surface area contributed by atoms with Gasteiger partial charge >= 0.3 is 0 Å². The van der Waals surface area contributed by atoms with E-state index in [-0.39, 0.29) is 6.04 Å². The lowest BCUT2D eigenvalue weighted by Crippen LogP contribution is -2.29. The topological polar surface area (TPSA) is 38.0 Å². The highest BCUT2D eigenvalue weighted by atomic mass is 79.9. The minimum atomic E-state index is -0.131. The molecule has 4 heteroatoms. The lowest BCUT2D eigenvalue weighted by molar-refractivity contribution is 0.634. The van der Waals surface area contributed by atoms with E-state index in [4.69, 9.17) is 17.4 Å². The van der Waals surface area contributed by atoms with E-state index in [1.54, 1.807) is 0 Å². The van der Waals surface area contributed by atoms with Crippen molar-refractivity contribution in [1.29, 1.82) is 0 Å². The summed E-state index contributed by atoms with van der Waals surface area (Å²) in [5, 5.41) is 0.702. The van der Waals surface area contributed by atoms with Crippen LogP contribution < -0.4 is 11.3 Å². The highest BCUT2D eigenvalue weighted by molar-refractivity contribution is 9.10. The molecule has 0 spiro atoms. The Morgan fingerprint density at radius 1 is 1.17 bits per heavy atom. The maximum absolute atomic E-state index is 6.22. The summed E-state index contributed by atoms with van der Waals surface area (Å²) in [7, 11) is 0. The minimum absolute atomic E-state index is 0.131. The first-order valence-electron chi connectivity index (χ1n) is 5.60. The molecule has 0 bridgehead atoms. The molecule has 0 saturated carbocycles. The summed E-state index contributed by atoms with van der Waals surface area (Å²) >= 11 is 9.79. The van der Waals surface area contributed by atoms with Crippen molar-refractivity contribution < 1.29 is 0 Å². The van der Waals surface area contributed by atoms with E-state index < -0.39 is 0 Å². The average molecular weight is 326 g/mol. The Hall–Kier alpha value is -0.870. The Labute approximate surface area is 120 Å². The molecule has 1 atom stereocenters. The van der Waals surface area contributed by atoms with Gasteiger partial charge in [0.1, 0.15) is 0 Å². The van der Waals surface area contributed by atoms with Gasteiger partial charge < -0.3 is 0 Å². The average Bonchev–Trinajstić information content (AvgIpc) is 2.34. The molecule has 0 aromatic heterocycles. The molecule has 94 valence electrons. The molecule has 2 aromatic carbocycles. The third kappa shape index (κ3) is 2.75. The highest BCUT2D eigenvalue weighted by Crippen LogP contribution is 2.32. The molecular formula is C14H14BrClN2. The zero-order valence-corrected chi connectivity index (χ0v) is 12.3. The van der Waals surface area contributed by atoms with E-state index in [1.165, 1.54) is 5.56 Å². The second kappa shape index (κ2) is 5.85. The zero-order chi connectivity index (χ0) is 13.1. The van der Waals surface area contributed by atoms with Gasteiger partial charge in [-0.3, -0.25) is 5.84 Å². The predicted molar refractivity (Wildman–Crippen MR) is 79.5 cm³/mol. The quantitative estimate of drug-likeness (QED) is 0.662. The summed E-state index contributed by atoms with van der Waals surface area (Å²) in [4.78, 5) is 0. The van der Waals surface area contributed by atoms with Crippen LogP contribution in [-0.2, 0) is 0 Å². The van der Waals surface area contributed by atoms with Crippen molar-refractivity contribution in [3.63, 3.8) is 0 Å². The molecule has 0 aliphatic heterocycles. The van der Waals surface area contributed by atoms with Crippen LogP contribution in [0, 0.1) is 6.92 Å². The van der Waals surface area contributed by atoms with Gasteiger partial charge in [-0.15, -0.1) is 0 Å². The fourth-order valence-electron chi connectivity index (χ4n) is 1.92. The lowest BCUT2D eigenvalue weighted by Gasteiger charge is -2.19. The van der Waals surface area contributed by atoms with E-state index in [2.05, 4.69) is 40.4 Å². The normalized spacial score (nSPS) is 12.4. The highest BCUT2D eigenvalue weighted by Gasteiger charge is 2.17. The number of hydrazine groups is 1. The van der Waals surface area contributed by atoms with E-state index in [0.29, 0.717) is 5.02 Å². The summed E-state index contributed by atoms with van der Waals surface area (Å²) in [5.74, 6) is 5.68. The van der Waals surface area contributed by atoms with Crippen LogP contribution in [0.4, 0.5) is 0 Å². The summed E-state index contributed by atoms with van der Waals surface area (Å²) in [6, 6.07) is 13.7. The first-order valence-corrected chi connectivity index (χ1v) is 6.77. The number of rotatable bonds is 3. The fraction of sp³-hybridized carbons (Fsp3) is 0.143. The van der Waals surface area contributed by atoms with E-state index >= 15 is 0 Å². The number of halogens is 2. The smallest absolute Gasteiger partial charge is 0.0735 e. The molecule has 18 heavy (non-hydrogen) atoms. The Morgan fingerprint density at radius 2 is 1.89 bits per heavy atom. The minimum Gasteiger partial charge on any atom is -0.271 e. The third-order valence-electron chi connectivity index (χ3n) is 2.85. The molecule has 0 amide bonds. The van der Waals surface area contributed by atoms with Gasteiger partial charge in [0.15, 0.2) is 0 Å². The first-order chi connectivity index (χ1) is 8.63. The predicted octanol–water partition coefficient (Wildman–Crippen LogP) is 3.96. The van der Waals surface area contributed by atoms with Crippen molar-refractivity contribution in [2.24, 2.45) is 5.84 Å². The van der Waals surface area contributed by atoms with Crippen LogP contribution in [-0.4, -0.2) is 0 Å². The van der Waals surface area contributed by atoms with Gasteiger partial charge in [-0.25, -0.2) is 5.43 Å². The number of hydrogen-bond donors (Lipinski definition) is 2. The number of aryl methyl sites for hydroxylation is 1. The Balaban J connectivity index is 2.49. The molecule has 0 aliphatic carbocycles. The van der Waals surface area contributed by atoms with Crippen molar-refractivity contribution >= 4 is 27.5 Å². The van der Waals surface area contributed by atoms with Gasteiger partial charge in [-0.1, -0.05) is 57.9 Å². The van der Waals surface area contributed by atoms with Crippen molar-refractivity contribution in [3.8, 4) is 0 Å². The zero-order valence-electron chi connectivity index (χ0n) is 9.95. The number of benzene rings is 2. The molecule has 3 N–H and O–H groups in total. The van der Waals surface area contributed by atoms with Gasteiger partial charge in [0, 0.05) is 9.50 Å². The molecule has 0 heterocycles. The Morgan fingerprint density at radius 3 is 2.50 bits per heavy atom. The maximum atomic E-state index is 6.22. The van der Waals surface area contributed by atoms with Gasteiger partial charge in [-0.05, 0) is 35.7 Å². The molecule has 2 aromatic rings. The number of nitrogens with one attached hydrogen (secondary N) is 1. The largest absolute Gasteiger partial charge is 0.271 e. The van der Waals surface area contributed by atoms with E-state index in [1.807, 2.05) is 30.3 Å². The van der Waals surface area contributed by atoms with Crippen molar-refractivity contribution in [1.82, 2.24) is 5.43 Å². The standard InChI is InChI=1S/C14H14BrClN2/c1-9-6-7-10(12(15)8-9)14(18-17)11-4-2-3-5-13(11)16/h2-8,14,18H,17H2,1H3. The number of nitrogens with two attached hydrogens (primary N) is 1. The van der Waals surface area contributed by atoms with Crippen LogP contribution in [0.2, 0.25) is 5.02 Å². The van der Waals surface area contributed by atoms with Gasteiger partial charge in [-0.2, -0.15) is 0 Å². The number of hydrogen-bond acceptors (Lipinski definition) is 2. The summed E-state index contributed by atoms with van der Waals surface area (Å²) in [6.07, 6.45) is 0. The van der Waals surface area contributed by atoms with Crippen LogP contribution in [0.25, 0.3) is 0 Å². The van der Waals surface area contributed by atoms with Gasteiger partial charge in [0.05, 0.1) is 6.04 Å². The monoisotopic (exact) mass is 324 g/mol. The van der Waals surface area contributed by atoms with Crippen LogP contribution in [0.15, 0.2) is 46.9 Å². The van der Waals surface area contributed by atoms with Crippen LogP contribution in [0.5, 0.6) is 0 Å². The molecule has 0 radical (unpaired) electrons. The maximum Gasteiger partial charge on any atom is 0.0735 e. The summed E-state index contributed by atoms with van der Waals surface area (Å²) < 4.78 is 1.02. The second-order valence-corrected chi connectivity index (χ2v) is 5.41. The van der Waals surface area contributed by atoms with Crippen LogP contribution >= 0.6 is 27.5 Å². The molecule has 0 aliphatic rings. The SMILES string of the molecule is Cc1ccc(C(NN)c2ccccc2Cl)c(Br)c1. The van der Waals surface area contributed by atoms with Gasteiger partial charge in [0.25, 0.3) is 0 Å². The van der Waals surface area contributed by atoms with Gasteiger partial charge in [0.2, 0.25) is 0 Å². The second-order valence-electron chi connectivity index (χ2n) is 4.15. The molecular weight excluding hydrogens is 312 g/mol. The lowest BCUT2D eigenvalue weighted by atomic mass is 9.98. The van der Waals surface area contributed by atoms with Crippen molar-refractivity contribution in [2.45, 2.75) is 13.0 Å². The van der Waals surface area contributed by atoms with E-state index in [0.717, 1.165) is 15.6 Å². The van der Waals surface area contributed by atoms with Crippen LogP contribution in [0.1, 0.15) is 22.7 Å². The Kier molecular flexibility index (Phi) is 4.40. The third-order valence-corrected chi connectivity index (χ3v) is 3.88. The fourth-order valence-corrected chi connectivity index (χ4v) is 2.89. The molecule has 2 nitrogen and oxygen atoms in total. The van der Waals surface area contributed by atoms with Crippen LogP contribution in [0.3, 0.4) is 0 Å². The summed E-state index contributed by atoms with van der Waals surface area (Å²) in [5.41, 5.74) is 6.05. The molecule has 1 unspecified atom stereocenters.